The van der Waals surface area contributed by atoms with Gasteiger partial charge >= 0.3 is 17.9 Å². The van der Waals surface area contributed by atoms with Crippen molar-refractivity contribution >= 4 is 17.9 Å². The van der Waals surface area contributed by atoms with E-state index in [4.69, 9.17) is 18.9 Å². The SMILES string of the molecule is CCCCCCC/C=C\C/C=C\CCCCCCCCCCCCCCCCCCCC(=O)OC(COC(=O)CCCCCCCCC/C=C\CCCCCCCC)COC(OCC[N+](C)(C)C)C(=O)O. The molecule has 0 aromatic heterocycles. The number of hydrogen-bond donors (Lipinski definition) is 1. The Labute approximate surface area is 439 Å². The first-order valence-corrected chi connectivity index (χ1v) is 30.2. The number of esters is 2. The zero-order valence-electron chi connectivity index (χ0n) is 47.4. The van der Waals surface area contributed by atoms with Crippen LogP contribution >= 0.6 is 0 Å². The Morgan fingerprint density at radius 2 is 0.761 bits per heavy atom. The summed E-state index contributed by atoms with van der Waals surface area (Å²) in [5.74, 6) is -1.99. The van der Waals surface area contributed by atoms with E-state index in [9.17, 15) is 19.5 Å². The molecule has 71 heavy (non-hydrogen) atoms. The number of nitrogens with zero attached hydrogens (tertiary/aromatic N) is 1. The normalized spacial score (nSPS) is 13.0. The first-order chi connectivity index (χ1) is 34.6. The van der Waals surface area contributed by atoms with Crippen LogP contribution in [0.15, 0.2) is 36.5 Å². The van der Waals surface area contributed by atoms with Crippen LogP contribution in [-0.2, 0) is 33.3 Å². The number of likely N-dealkylation sites (N-methyl/N-ethyl adjacent to an activating group) is 1. The minimum absolute atomic E-state index is 0.181. The van der Waals surface area contributed by atoms with Crippen molar-refractivity contribution in [1.82, 2.24) is 0 Å². The maximum Gasteiger partial charge on any atom is 0.361 e. The van der Waals surface area contributed by atoms with Crippen molar-refractivity contribution < 1.29 is 42.9 Å². The number of carbonyl (C=O) groups excluding carboxylic acids is 2. The summed E-state index contributed by atoms with van der Waals surface area (Å²) in [6.45, 7) is 4.89. The molecule has 0 saturated carbocycles. The molecule has 416 valence electrons. The molecule has 0 heterocycles. The Balaban J connectivity index is 4.15. The maximum absolute atomic E-state index is 12.9. The third-order valence-corrected chi connectivity index (χ3v) is 13.4. The molecule has 2 unspecified atom stereocenters. The largest absolute Gasteiger partial charge is 0.477 e. The lowest BCUT2D eigenvalue weighted by molar-refractivity contribution is -0.870. The van der Waals surface area contributed by atoms with Crippen LogP contribution in [-0.4, -0.2) is 87.4 Å². The van der Waals surface area contributed by atoms with E-state index in [1.807, 2.05) is 21.1 Å². The summed E-state index contributed by atoms with van der Waals surface area (Å²) in [6, 6.07) is 0. The van der Waals surface area contributed by atoms with E-state index in [1.165, 1.54) is 212 Å². The number of quaternary nitrogens is 1. The second-order valence-corrected chi connectivity index (χ2v) is 21.7. The zero-order chi connectivity index (χ0) is 52.0. The van der Waals surface area contributed by atoms with Crippen molar-refractivity contribution in [2.75, 3.05) is 47.5 Å². The van der Waals surface area contributed by atoms with Gasteiger partial charge in [-0.15, -0.1) is 0 Å². The van der Waals surface area contributed by atoms with Crippen molar-refractivity contribution in [2.24, 2.45) is 0 Å². The Hall–Kier alpha value is -2.49. The maximum atomic E-state index is 12.9. The number of unbranched alkanes of at least 4 members (excludes halogenated alkanes) is 35. The van der Waals surface area contributed by atoms with E-state index in [-0.39, 0.29) is 32.2 Å². The predicted molar refractivity (Wildman–Crippen MR) is 300 cm³/mol. The number of carboxylic acid groups (broad SMARTS) is 1. The van der Waals surface area contributed by atoms with E-state index < -0.39 is 24.3 Å². The van der Waals surface area contributed by atoms with Crippen LogP contribution in [0.25, 0.3) is 0 Å². The zero-order valence-corrected chi connectivity index (χ0v) is 47.4. The molecule has 0 aliphatic heterocycles. The molecule has 0 amide bonds. The predicted octanol–water partition coefficient (Wildman–Crippen LogP) is 17.7. The molecule has 0 aliphatic rings. The number of carbonyl (C=O) groups is 3. The molecule has 9 nitrogen and oxygen atoms in total. The monoisotopic (exact) mass is 1000 g/mol. The fraction of sp³-hybridized carbons (Fsp3) is 0.855. The molecule has 0 aromatic rings. The summed E-state index contributed by atoms with van der Waals surface area (Å²) in [5, 5.41) is 9.70. The van der Waals surface area contributed by atoms with E-state index >= 15 is 0 Å². The molecule has 0 spiro atoms. The number of hydrogen-bond acceptors (Lipinski definition) is 7. The van der Waals surface area contributed by atoms with Gasteiger partial charge in [-0.25, -0.2) is 4.79 Å². The fourth-order valence-corrected chi connectivity index (χ4v) is 8.69. The van der Waals surface area contributed by atoms with Crippen molar-refractivity contribution in [3.05, 3.63) is 36.5 Å². The second kappa shape index (κ2) is 53.8. The Morgan fingerprint density at radius 3 is 1.13 bits per heavy atom. The molecule has 0 aromatic carbocycles. The fourth-order valence-electron chi connectivity index (χ4n) is 8.69. The number of carboxylic acids is 1. The van der Waals surface area contributed by atoms with Crippen molar-refractivity contribution in [2.45, 2.75) is 296 Å². The Morgan fingerprint density at radius 1 is 0.423 bits per heavy atom. The Kier molecular flexibility index (Phi) is 51.9. The highest BCUT2D eigenvalue weighted by Crippen LogP contribution is 2.17. The standard InChI is InChI=1S/C62H115NO8/c1-6-8-10-12-14-16-18-20-22-24-25-26-27-28-29-30-31-32-33-34-35-37-39-41-43-45-47-49-51-53-60(65)71-58(57-70-62(61(66)67)68-55-54-63(3,4)5)56-69-59(64)52-50-48-46-44-42-40-38-36-23-21-19-17-15-13-11-9-7-2/h18,20-21,23-25,58,62H,6-17,19,22,26-57H2,1-5H3/p+1/b20-18-,23-21-,25-24-. The van der Waals surface area contributed by atoms with Gasteiger partial charge in [0, 0.05) is 12.8 Å². The van der Waals surface area contributed by atoms with Gasteiger partial charge in [-0.3, -0.25) is 9.59 Å². The summed E-state index contributed by atoms with van der Waals surface area (Å²) >= 11 is 0. The molecule has 9 heteroatoms. The summed E-state index contributed by atoms with van der Waals surface area (Å²) < 4.78 is 22.9. The third kappa shape index (κ3) is 55.1. The van der Waals surface area contributed by atoms with Gasteiger partial charge in [-0.1, -0.05) is 237 Å². The minimum atomic E-state index is -1.51. The van der Waals surface area contributed by atoms with E-state index in [2.05, 4.69) is 50.3 Å². The molecule has 0 radical (unpaired) electrons. The molecule has 0 bridgehead atoms. The van der Waals surface area contributed by atoms with Gasteiger partial charge in [0.15, 0.2) is 6.10 Å². The number of aliphatic carboxylic acids is 1. The van der Waals surface area contributed by atoms with Gasteiger partial charge in [0.25, 0.3) is 6.29 Å². The van der Waals surface area contributed by atoms with Gasteiger partial charge in [-0.2, -0.15) is 0 Å². The van der Waals surface area contributed by atoms with Crippen LogP contribution in [0.1, 0.15) is 284 Å². The van der Waals surface area contributed by atoms with E-state index in [0.29, 0.717) is 17.4 Å². The van der Waals surface area contributed by atoms with Crippen molar-refractivity contribution in [1.29, 1.82) is 0 Å². The number of ether oxygens (including phenoxy) is 4. The highest BCUT2D eigenvalue weighted by molar-refractivity contribution is 5.71. The lowest BCUT2D eigenvalue weighted by atomic mass is 10.0. The van der Waals surface area contributed by atoms with Gasteiger partial charge in [0.2, 0.25) is 0 Å². The van der Waals surface area contributed by atoms with Crippen LogP contribution in [0.4, 0.5) is 0 Å². The molecule has 0 saturated heterocycles. The molecule has 1 N–H and O–H groups in total. The van der Waals surface area contributed by atoms with Gasteiger partial charge in [-0.05, 0) is 70.6 Å². The quantitative estimate of drug-likeness (QED) is 0.0211. The second-order valence-electron chi connectivity index (χ2n) is 21.7. The number of rotatable bonds is 56. The first kappa shape index (κ1) is 68.5. The summed E-state index contributed by atoms with van der Waals surface area (Å²) in [7, 11) is 5.97. The van der Waals surface area contributed by atoms with E-state index in [1.54, 1.807) is 0 Å². The summed E-state index contributed by atoms with van der Waals surface area (Å²) in [5.41, 5.74) is 0. The third-order valence-electron chi connectivity index (χ3n) is 13.4. The average Bonchev–Trinajstić information content (AvgIpc) is 3.34. The highest BCUT2D eigenvalue weighted by atomic mass is 16.7. The molecule has 0 fully saturated rings. The molecule has 2 atom stereocenters. The molecule has 0 aliphatic carbocycles. The van der Waals surface area contributed by atoms with Gasteiger partial charge in [0.05, 0.1) is 34.4 Å². The summed E-state index contributed by atoms with van der Waals surface area (Å²) in [4.78, 5) is 37.4. The van der Waals surface area contributed by atoms with E-state index in [0.717, 1.165) is 44.9 Å². The lowest BCUT2D eigenvalue weighted by Crippen LogP contribution is -2.40. The molecular formula is C62H116NO8+. The Bertz CT molecular complexity index is 1260. The van der Waals surface area contributed by atoms with Crippen LogP contribution in [0.5, 0.6) is 0 Å². The lowest BCUT2D eigenvalue weighted by Gasteiger charge is -2.25. The van der Waals surface area contributed by atoms with Crippen LogP contribution in [0, 0.1) is 0 Å². The van der Waals surface area contributed by atoms with Crippen LogP contribution < -0.4 is 0 Å². The first-order valence-electron chi connectivity index (χ1n) is 30.2. The topological polar surface area (TPSA) is 108 Å². The van der Waals surface area contributed by atoms with Crippen LogP contribution in [0.3, 0.4) is 0 Å². The van der Waals surface area contributed by atoms with Crippen molar-refractivity contribution in [3.8, 4) is 0 Å². The minimum Gasteiger partial charge on any atom is -0.477 e. The summed E-state index contributed by atoms with van der Waals surface area (Å²) in [6.07, 6.45) is 62.3. The smallest absolute Gasteiger partial charge is 0.361 e. The van der Waals surface area contributed by atoms with Crippen molar-refractivity contribution in [3.63, 3.8) is 0 Å². The number of allylic oxidation sites excluding steroid dienone is 6. The van der Waals surface area contributed by atoms with Crippen LogP contribution in [0.2, 0.25) is 0 Å². The highest BCUT2D eigenvalue weighted by Gasteiger charge is 2.25. The van der Waals surface area contributed by atoms with Gasteiger partial charge in [0.1, 0.15) is 13.2 Å². The average molecular weight is 1000 g/mol. The van der Waals surface area contributed by atoms with Gasteiger partial charge < -0.3 is 28.5 Å². The molecular weight excluding hydrogens is 887 g/mol. The molecule has 0 rings (SSSR count).